The van der Waals surface area contributed by atoms with Crippen molar-refractivity contribution in [3.05, 3.63) is 89.5 Å². The average molecular weight is 428 g/mol. The van der Waals surface area contributed by atoms with Gasteiger partial charge in [0, 0.05) is 37.4 Å². The molecule has 0 atom stereocenters. The molecule has 1 N–H and O–H groups in total. The molecule has 1 heterocycles. The number of fused-ring (bicyclic) bond motifs is 3. The highest BCUT2D eigenvalue weighted by Crippen LogP contribution is 2.32. The van der Waals surface area contributed by atoms with Crippen molar-refractivity contribution < 1.29 is 9.59 Å². The van der Waals surface area contributed by atoms with Crippen molar-refractivity contribution in [3.63, 3.8) is 0 Å². The molecule has 0 spiro atoms. The van der Waals surface area contributed by atoms with Crippen LogP contribution >= 0.6 is 0 Å². The van der Waals surface area contributed by atoms with Crippen molar-refractivity contribution in [2.24, 2.45) is 0 Å². The van der Waals surface area contributed by atoms with E-state index in [0.717, 1.165) is 0 Å². The van der Waals surface area contributed by atoms with Gasteiger partial charge >= 0.3 is 0 Å². The molecule has 164 valence electrons. The quantitative estimate of drug-likeness (QED) is 0.615. The molecule has 0 saturated heterocycles. The average Bonchev–Trinajstić information content (AvgIpc) is 2.96. The Hall–Kier alpha value is -3.44. The number of carbonyl (C=O) groups is 2. The normalized spacial score (nSPS) is 12.9. The largest absolute Gasteiger partial charge is 0.339 e. The molecule has 5 nitrogen and oxygen atoms in total. The predicted octanol–water partition coefficient (Wildman–Crippen LogP) is 4.79. The Morgan fingerprint density at radius 2 is 1.44 bits per heavy atom. The van der Waals surface area contributed by atoms with Crippen molar-refractivity contribution in [3.8, 4) is 11.1 Å². The van der Waals surface area contributed by atoms with Crippen LogP contribution in [0.1, 0.15) is 35.3 Å². The minimum atomic E-state index is -0.0886. The van der Waals surface area contributed by atoms with Gasteiger partial charge in [-0.05, 0) is 54.3 Å². The molecule has 3 aromatic rings. The lowest BCUT2D eigenvalue weighted by atomic mass is 9.97. The maximum Gasteiger partial charge on any atom is 0.253 e. The molecule has 0 unspecified atom stereocenters. The Morgan fingerprint density at radius 3 is 2.03 bits per heavy atom. The minimum Gasteiger partial charge on any atom is -0.339 e. The van der Waals surface area contributed by atoms with Crippen LogP contribution in [0.4, 0.5) is 5.69 Å². The van der Waals surface area contributed by atoms with Crippen molar-refractivity contribution in [2.45, 2.75) is 26.9 Å². The van der Waals surface area contributed by atoms with Crippen LogP contribution in [0.15, 0.2) is 72.8 Å². The smallest absolute Gasteiger partial charge is 0.253 e. The lowest BCUT2D eigenvalue weighted by Gasteiger charge is -2.21. The monoisotopic (exact) mass is 427 g/mol. The fraction of sp³-hybridized carbons (Fsp3) is 0.259. The van der Waals surface area contributed by atoms with Gasteiger partial charge in [0.2, 0.25) is 5.91 Å². The molecule has 2 amide bonds. The molecule has 5 heteroatoms. The van der Waals surface area contributed by atoms with E-state index in [0.29, 0.717) is 37.4 Å². The molecule has 0 saturated carbocycles. The number of amides is 2. The molecule has 32 heavy (non-hydrogen) atoms. The fourth-order valence-electron chi connectivity index (χ4n) is 4.32. The number of nitrogens with zero attached hydrogens (tertiary/aromatic N) is 2. The van der Waals surface area contributed by atoms with Crippen molar-refractivity contribution >= 4 is 17.5 Å². The van der Waals surface area contributed by atoms with Crippen LogP contribution in [0.2, 0.25) is 0 Å². The van der Waals surface area contributed by atoms with E-state index in [1.807, 2.05) is 38.1 Å². The first-order valence-electron chi connectivity index (χ1n) is 11.2. The van der Waals surface area contributed by atoms with Gasteiger partial charge in [0.1, 0.15) is 0 Å². The van der Waals surface area contributed by atoms with Crippen LogP contribution in [0.25, 0.3) is 11.1 Å². The van der Waals surface area contributed by atoms with Crippen molar-refractivity contribution in [1.29, 1.82) is 0 Å². The molecular weight excluding hydrogens is 398 g/mol. The van der Waals surface area contributed by atoms with Gasteiger partial charge in [0.25, 0.3) is 5.91 Å². The topological polar surface area (TPSA) is 52.7 Å². The summed E-state index contributed by atoms with van der Waals surface area (Å²) in [5, 5.41) is 2.98. The van der Waals surface area contributed by atoms with E-state index >= 15 is 0 Å². The van der Waals surface area contributed by atoms with Gasteiger partial charge in [-0.1, -0.05) is 54.6 Å². The summed E-state index contributed by atoms with van der Waals surface area (Å²) in [7, 11) is 0. The van der Waals surface area contributed by atoms with Crippen molar-refractivity contribution in [2.75, 3.05) is 25.0 Å². The summed E-state index contributed by atoms with van der Waals surface area (Å²) < 4.78 is 0. The van der Waals surface area contributed by atoms with E-state index in [4.69, 9.17) is 0 Å². The second-order valence-electron chi connectivity index (χ2n) is 8.07. The van der Waals surface area contributed by atoms with Gasteiger partial charge < -0.3 is 10.2 Å². The first-order valence-corrected chi connectivity index (χ1v) is 11.2. The number of hydrogen-bond acceptors (Lipinski definition) is 3. The van der Waals surface area contributed by atoms with Gasteiger partial charge in [-0.25, -0.2) is 0 Å². The molecular formula is C27H29N3O2. The molecule has 0 aromatic heterocycles. The Kier molecular flexibility index (Phi) is 6.66. The Balaban J connectivity index is 1.48. The first kappa shape index (κ1) is 21.8. The predicted molar refractivity (Wildman–Crippen MR) is 128 cm³/mol. The van der Waals surface area contributed by atoms with Crippen molar-refractivity contribution in [1.82, 2.24) is 9.80 Å². The fourth-order valence-corrected chi connectivity index (χ4v) is 4.32. The molecule has 1 aliphatic heterocycles. The minimum absolute atomic E-state index is 0.0215. The highest BCUT2D eigenvalue weighted by Gasteiger charge is 2.21. The number of benzene rings is 3. The molecule has 0 bridgehead atoms. The second-order valence-corrected chi connectivity index (χ2v) is 8.07. The standard InChI is InChI=1S/C27H29N3O2/c1-3-30(4-2)27(32)20-12-9-13-23(16-20)28-26(31)19-29-17-21-10-5-7-14-24(21)25-15-8-6-11-22(25)18-29/h5-16H,3-4,17-19H2,1-2H3,(H,28,31). The lowest BCUT2D eigenvalue weighted by Crippen LogP contribution is -2.32. The summed E-state index contributed by atoms with van der Waals surface area (Å²) in [4.78, 5) is 29.5. The molecule has 0 radical (unpaired) electrons. The third kappa shape index (κ3) is 4.73. The summed E-state index contributed by atoms with van der Waals surface area (Å²) in [5.74, 6) is -0.110. The number of anilines is 1. The number of carbonyl (C=O) groups excluding carboxylic acids is 2. The Morgan fingerprint density at radius 1 is 0.844 bits per heavy atom. The van der Waals surface area contributed by atoms with Gasteiger partial charge in [-0.2, -0.15) is 0 Å². The third-order valence-corrected chi connectivity index (χ3v) is 5.92. The molecule has 4 rings (SSSR count). The number of rotatable bonds is 6. The third-order valence-electron chi connectivity index (χ3n) is 5.92. The van der Waals surface area contributed by atoms with Crippen LogP contribution < -0.4 is 5.32 Å². The van der Waals surface area contributed by atoms with Crippen LogP contribution in [-0.4, -0.2) is 41.2 Å². The van der Waals surface area contributed by atoms with Crippen LogP contribution in [0.5, 0.6) is 0 Å². The SMILES string of the molecule is CCN(CC)C(=O)c1cccc(NC(=O)CN2Cc3ccccc3-c3ccccc3C2)c1. The zero-order chi connectivity index (χ0) is 22.5. The maximum atomic E-state index is 12.9. The summed E-state index contributed by atoms with van der Waals surface area (Å²) in [6.07, 6.45) is 0. The van der Waals surface area contributed by atoms with Crippen LogP contribution in [-0.2, 0) is 17.9 Å². The lowest BCUT2D eigenvalue weighted by molar-refractivity contribution is -0.117. The summed E-state index contributed by atoms with van der Waals surface area (Å²) >= 11 is 0. The van der Waals surface area contributed by atoms with Gasteiger partial charge in [0.15, 0.2) is 0 Å². The molecule has 1 aliphatic rings. The van der Waals surface area contributed by atoms with E-state index in [1.54, 1.807) is 17.0 Å². The summed E-state index contributed by atoms with van der Waals surface area (Å²) in [5.41, 5.74) is 6.13. The van der Waals surface area contributed by atoms with Crippen LogP contribution in [0.3, 0.4) is 0 Å². The highest BCUT2D eigenvalue weighted by atomic mass is 16.2. The Labute approximate surface area is 189 Å². The van der Waals surface area contributed by atoms with E-state index < -0.39 is 0 Å². The second kappa shape index (κ2) is 9.79. The maximum absolute atomic E-state index is 12.9. The summed E-state index contributed by atoms with van der Waals surface area (Å²) in [6.45, 7) is 6.93. The van der Waals surface area contributed by atoms with E-state index in [-0.39, 0.29) is 18.4 Å². The van der Waals surface area contributed by atoms with E-state index in [1.165, 1.54) is 22.3 Å². The molecule has 3 aromatic carbocycles. The molecule has 0 aliphatic carbocycles. The number of nitrogens with one attached hydrogen (secondary N) is 1. The van der Waals surface area contributed by atoms with Gasteiger partial charge in [-0.15, -0.1) is 0 Å². The van der Waals surface area contributed by atoms with Gasteiger partial charge in [0.05, 0.1) is 6.54 Å². The zero-order valence-electron chi connectivity index (χ0n) is 18.7. The van der Waals surface area contributed by atoms with E-state index in [2.05, 4.69) is 46.6 Å². The summed E-state index contributed by atoms with van der Waals surface area (Å²) in [6, 6.07) is 23.9. The Bertz CT molecular complexity index is 1070. The van der Waals surface area contributed by atoms with Crippen LogP contribution in [0, 0.1) is 0 Å². The van der Waals surface area contributed by atoms with E-state index in [9.17, 15) is 9.59 Å². The zero-order valence-corrected chi connectivity index (χ0v) is 18.7. The highest BCUT2D eigenvalue weighted by molar-refractivity contribution is 5.97. The first-order chi connectivity index (χ1) is 15.6. The molecule has 0 fully saturated rings. The number of hydrogen-bond donors (Lipinski definition) is 1. The van der Waals surface area contributed by atoms with Gasteiger partial charge in [-0.3, -0.25) is 14.5 Å².